The van der Waals surface area contributed by atoms with Crippen molar-refractivity contribution in [3.63, 3.8) is 0 Å². The molecule has 1 atom stereocenters. The van der Waals surface area contributed by atoms with E-state index in [1.807, 2.05) is 36.1 Å². The largest absolute Gasteiger partial charge is 0.370 e. The van der Waals surface area contributed by atoms with Crippen LogP contribution in [0.15, 0.2) is 35.0 Å². The summed E-state index contributed by atoms with van der Waals surface area (Å²) in [5.41, 5.74) is 0.845. The second-order valence-corrected chi connectivity index (χ2v) is 5.95. The van der Waals surface area contributed by atoms with Crippen molar-refractivity contribution < 1.29 is 9.32 Å². The fraction of sp³-hybridized carbons (Fsp3) is 0.471. The molecule has 3 heterocycles. The molecule has 1 aliphatic rings. The molecule has 1 fully saturated rings. The van der Waals surface area contributed by atoms with Gasteiger partial charge in [0, 0.05) is 31.9 Å². The Labute approximate surface area is 141 Å². The van der Waals surface area contributed by atoms with Gasteiger partial charge in [-0.1, -0.05) is 11.2 Å². The van der Waals surface area contributed by atoms with Crippen molar-refractivity contribution in [2.24, 2.45) is 0 Å². The molecule has 7 heteroatoms. The van der Waals surface area contributed by atoms with Crippen LogP contribution in [-0.2, 0) is 0 Å². The van der Waals surface area contributed by atoms with E-state index in [9.17, 15) is 4.79 Å². The van der Waals surface area contributed by atoms with E-state index < -0.39 is 0 Å². The monoisotopic (exact) mass is 329 g/mol. The van der Waals surface area contributed by atoms with E-state index in [1.165, 1.54) is 0 Å². The number of aryl methyl sites for hydroxylation is 1. The van der Waals surface area contributed by atoms with Crippen LogP contribution in [0.4, 0.5) is 10.6 Å². The Bertz CT molecular complexity index is 658. The lowest BCUT2D eigenvalue weighted by molar-refractivity contribution is 0.182. The van der Waals surface area contributed by atoms with Gasteiger partial charge in [0.1, 0.15) is 5.82 Å². The molecule has 1 aliphatic heterocycles. The van der Waals surface area contributed by atoms with Crippen LogP contribution in [-0.4, -0.2) is 40.7 Å². The molecule has 24 heavy (non-hydrogen) atoms. The number of hydrogen-bond acceptors (Lipinski definition) is 5. The number of anilines is 1. The lowest BCUT2D eigenvalue weighted by atomic mass is 10.1. The van der Waals surface area contributed by atoms with Gasteiger partial charge in [0.05, 0.1) is 11.7 Å². The van der Waals surface area contributed by atoms with Crippen LogP contribution >= 0.6 is 0 Å². The lowest BCUT2D eigenvalue weighted by Gasteiger charge is -2.23. The van der Waals surface area contributed by atoms with E-state index in [2.05, 4.69) is 20.8 Å². The number of urea groups is 1. The zero-order valence-corrected chi connectivity index (χ0v) is 13.9. The van der Waals surface area contributed by atoms with Crippen LogP contribution in [0, 0.1) is 6.92 Å². The van der Waals surface area contributed by atoms with Gasteiger partial charge < -0.3 is 20.1 Å². The van der Waals surface area contributed by atoms with E-state index in [4.69, 9.17) is 4.52 Å². The number of aromatic nitrogens is 2. The van der Waals surface area contributed by atoms with Crippen molar-refractivity contribution in [3.05, 3.63) is 41.9 Å². The summed E-state index contributed by atoms with van der Waals surface area (Å²) in [5.74, 6) is 1.63. The van der Waals surface area contributed by atoms with Crippen molar-refractivity contribution in [2.75, 3.05) is 25.0 Å². The van der Waals surface area contributed by atoms with Crippen LogP contribution in [0.3, 0.4) is 0 Å². The first-order valence-corrected chi connectivity index (χ1v) is 8.36. The van der Waals surface area contributed by atoms with Gasteiger partial charge in [0.15, 0.2) is 5.76 Å². The average Bonchev–Trinajstić information content (AvgIpc) is 3.24. The second-order valence-electron chi connectivity index (χ2n) is 5.95. The molecule has 2 aromatic rings. The highest BCUT2D eigenvalue weighted by atomic mass is 16.5. The number of hydrogen-bond donors (Lipinski definition) is 2. The van der Waals surface area contributed by atoms with Crippen molar-refractivity contribution in [2.45, 2.75) is 32.2 Å². The Morgan fingerprint density at radius 1 is 1.42 bits per heavy atom. The molecule has 0 spiro atoms. The Morgan fingerprint density at radius 2 is 2.33 bits per heavy atom. The molecule has 128 valence electrons. The second kappa shape index (κ2) is 7.81. The zero-order chi connectivity index (χ0) is 16.8. The molecule has 3 rings (SSSR count). The highest BCUT2D eigenvalue weighted by Crippen LogP contribution is 2.32. The summed E-state index contributed by atoms with van der Waals surface area (Å²) in [6, 6.07) is 7.62. The topological polar surface area (TPSA) is 83.3 Å². The molecule has 0 aliphatic carbocycles. The first-order valence-electron chi connectivity index (χ1n) is 8.36. The quantitative estimate of drug-likeness (QED) is 0.796. The van der Waals surface area contributed by atoms with E-state index in [0.29, 0.717) is 6.54 Å². The van der Waals surface area contributed by atoms with Crippen LogP contribution < -0.4 is 10.6 Å². The minimum Gasteiger partial charge on any atom is -0.370 e. The molecule has 0 saturated carbocycles. The number of rotatable bonds is 6. The van der Waals surface area contributed by atoms with Crippen LogP contribution in [0.25, 0.3) is 0 Å². The molecular formula is C17H23N5O2. The predicted octanol–water partition coefficient (Wildman–Crippen LogP) is 2.73. The standard InChI is InChI=1S/C17H23N5O2/c1-13-12-15(24-21-13)14-6-4-11-22(14)17(23)20-10-5-9-19-16-7-2-3-8-18-16/h2-3,7-8,12,14H,4-6,9-11H2,1H3,(H,18,19)(H,20,23)/t14-/m1/s1. The molecule has 2 aromatic heterocycles. The smallest absolute Gasteiger partial charge is 0.318 e. The Kier molecular flexibility index (Phi) is 5.30. The zero-order valence-electron chi connectivity index (χ0n) is 13.9. The van der Waals surface area contributed by atoms with Crippen molar-refractivity contribution in [1.29, 1.82) is 0 Å². The van der Waals surface area contributed by atoms with Crippen LogP contribution in [0.2, 0.25) is 0 Å². The lowest BCUT2D eigenvalue weighted by Crippen LogP contribution is -2.40. The fourth-order valence-corrected chi connectivity index (χ4v) is 2.91. The highest BCUT2D eigenvalue weighted by Gasteiger charge is 2.32. The van der Waals surface area contributed by atoms with Gasteiger partial charge in [-0.25, -0.2) is 9.78 Å². The van der Waals surface area contributed by atoms with Gasteiger partial charge >= 0.3 is 6.03 Å². The maximum Gasteiger partial charge on any atom is 0.318 e. The van der Waals surface area contributed by atoms with Gasteiger partial charge in [-0.15, -0.1) is 0 Å². The molecule has 7 nitrogen and oxygen atoms in total. The molecule has 1 saturated heterocycles. The summed E-state index contributed by atoms with van der Waals surface area (Å²) in [4.78, 5) is 18.4. The maximum absolute atomic E-state index is 12.4. The molecule has 2 N–H and O–H groups in total. The summed E-state index contributed by atoms with van der Waals surface area (Å²) in [6.07, 6.45) is 4.49. The SMILES string of the molecule is Cc1cc([C@H]2CCCN2C(=O)NCCCNc2ccccn2)on1. The fourth-order valence-electron chi connectivity index (χ4n) is 2.91. The maximum atomic E-state index is 12.4. The van der Waals surface area contributed by atoms with Gasteiger partial charge in [-0.05, 0) is 38.3 Å². The number of carbonyl (C=O) groups excluding carboxylic acids is 1. The number of pyridine rings is 1. The van der Waals surface area contributed by atoms with Gasteiger partial charge in [-0.2, -0.15) is 0 Å². The van der Waals surface area contributed by atoms with Crippen LogP contribution in [0.5, 0.6) is 0 Å². The normalized spacial score (nSPS) is 17.0. The molecule has 0 aromatic carbocycles. The van der Waals surface area contributed by atoms with Gasteiger partial charge in [0.25, 0.3) is 0 Å². The molecule has 0 bridgehead atoms. The number of amides is 2. The first-order chi connectivity index (χ1) is 11.7. The number of carbonyl (C=O) groups is 1. The van der Waals surface area contributed by atoms with Gasteiger partial charge in [0.2, 0.25) is 0 Å². The third-order valence-corrected chi connectivity index (χ3v) is 4.09. The summed E-state index contributed by atoms with van der Waals surface area (Å²) < 4.78 is 5.33. The van der Waals surface area contributed by atoms with E-state index in [-0.39, 0.29) is 12.1 Å². The molecular weight excluding hydrogens is 306 g/mol. The Hall–Kier alpha value is -2.57. The number of likely N-dealkylation sites (tertiary alicyclic amines) is 1. The summed E-state index contributed by atoms with van der Waals surface area (Å²) >= 11 is 0. The molecule has 0 unspecified atom stereocenters. The third kappa shape index (κ3) is 4.04. The first kappa shape index (κ1) is 16.3. The minimum atomic E-state index is -0.0376. The third-order valence-electron chi connectivity index (χ3n) is 4.09. The molecule has 2 amide bonds. The summed E-state index contributed by atoms with van der Waals surface area (Å²) in [6.45, 7) is 4.03. The summed E-state index contributed by atoms with van der Waals surface area (Å²) in [5, 5.41) is 10.1. The van der Waals surface area contributed by atoms with E-state index in [1.54, 1.807) is 6.20 Å². The Morgan fingerprint density at radius 3 is 3.08 bits per heavy atom. The van der Waals surface area contributed by atoms with Gasteiger partial charge in [-0.3, -0.25) is 0 Å². The highest BCUT2D eigenvalue weighted by molar-refractivity contribution is 5.75. The van der Waals surface area contributed by atoms with E-state index in [0.717, 1.165) is 49.6 Å². The number of nitrogens with one attached hydrogen (secondary N) is 2. The van der Waals surface area contributed by atoms with E-state index >= 15 is 0 Å². The minimum absolute atomic E-state index is 0.00200. The Balaban J connectivity index is 1.41. The predicted molar refractivity (Wildman–Crippen MR) is 90.7 cm³/mol. The summed E-state index contributed by atoms with van der Waals surface area (Å²) in [7, 11) is 0. The number of nitrogens with zero attached hydrogens (tertiary/aromatic N) is 3. The average molecular weight is 329 g/mol. The van der Waals surface area contributed by atoms with Crippen molar-refractivity contribution in [1.82, 2.24) is 20.4 Å². The molecule has 0 radical (unpaired) electrons. The van der Waals surface area contributed by atoms with Crippen LogP contribution in [0.1, 0.15) is 36.8 Å². The van der Waals surface area contributed by atoms with Crippen molar-refractivity contribution >= 4 is 11.8 Å². The van der Waals surface area contributed by atoms with Crippen molar-refractivity contribution in [3.8, 4) is 0 Å².